The first-order valence-electron chi connectivity index (χ1n) is 5.90. The van der Waals surface area contributed by atoms with Gasteiger partial charge in [0, 0.05) is 12.0 Å². The molecular weight excluding hydrogens is 176 g/mol. The fourth-order valence-electron chi connectivity index (χ4n) is 3.17. The molecule has 0 aromatic carbocycles. The van der Waals surface area contributed by atoms with Crippen molar-refractivity contribution < 1.29 is 9.84 Å². The number of aliphatic hydroxyl groups excluding tert-OH is 1. The highest BCUT2D eigenvalue weighted by atomic mass is 16.5. The van der Waals surface area contributed by atoms with Crippen LogP contribution in [0.15, 0.2) is 0 Å². The molecule has 3 atom stereocenters. The molecule has 1 saturated heterocycles. The van der Waals surface area contributed by atoms with Gasteiger partial charge in [-0.1, -0.05) is 13.8 Å². The van der Waals surface area contributed by atoms with Crippen LogP contribution in [0.5, 0.6) is 0 Å². The molecule has 1 aliphatic carbocycles. The van der Waals surface area contributed by atoms with E-state index in [9.17, 15) is 5.11 Å². The standard InChI is InChI=1S/C12H22O2/c1-9(2)10-3-4-11-12(7-10,8-13)5-6-14-11/h9-11,13H,3-8H2,1-2H3/t10-,11+,12+/m1/s1. The molecule has 82 valence electrons. The van der Waals surface area contributed by atoms with Crippen LogP contribution in [0.25, 0.3) is 0 Å². The fraction of sp³-hybridized carbons (Fsp3) is 1.00. The van der Waals surface area contributed by atoms with Gasteiger partial charge < -0.3 is 9.84 Å². The molecule has 1 aliphatic heterocycles. The minimum Gasteiger partial charge on any atom is -0.396 e. The zero-order chi connectivity index (χ0) is 10.2. The molecule has 2 rings (SSSR count). The van der Waals surface area contributed by atoms with Gasteiger partial charge in [-0.2, -0.15) is 0 Å². The monoisotopic (exact) mass is 198 g/mol. The summed E-state index contributed by atoms with van der Waals surface area (Å²) in [5, 5.41) is 9.57. The smallest absolute Gasteiger partial charge is 0.0654 e. The zero-order valence-electron chi connectivity index (χ0n) is 9.33. The van der Waals surface area contributed by atoms with Crippen molar-refractivity contribution in [3.05, 3.63) is 0 Å². The predicted octanol–water partition coefficient (Wildman–Crippen LogP) is 2.21. The molecule has 14 heavy (non-hydrogen) atoms. The molecule has 0 aromatic rings. The summed E-state index contributed by atoms with van der Waals surface area (Å²) in [5.74, 6) is 1.54. The zero-order valence-corrected chi connectivity index (χ0v) is 9.33. The first kappa shape index (κ1) is 10.4. The first-order chi connectivity index (χ1) is 6.68. The first-order valence-corrected chi connectivity index (χ1v) is 5.90. The van der Waals surface area contributed by atoms with Crippen LogP contribution in [0.4, 0.5) is 0 Å². The molecule has 1 N–H and O–H groups in total. The summed E-state index contributed by atoms with van der Waals surface area (Å²) in [6.45, 7) is 5.77. The number of rotatable bonds is 2. The number of hydrogen-bond acceptors (Lipinski definition) is 2. The molecule has 2 heteroatoms. The molecule has 0 aromatic heterocycles. The summed E-state index contributed by atoms with van der Waals surface area (Å²) in [4.78, 5) is 0. The lowest BCUT2D eigenvalue weighted by Gasteiger charge is -2.42. The summed E-state index contributed by atoms with van der Waals surface area (Å²) in [6, 6.07) is 0. The maximum absolute atomic E-state index is 9.57. The van der Waals surface area contributed by atoms with Gasteiger partial charge in [-0.15, -0.1) is 0 Å². The van der Waals surface area contributed by atoms with Crippen molar-refractivity contribution >= 4 is 0 Å². The molecule has 0 amide bonds. The molecule has 1 heterocycles. The molecule has 0 radical (unpaired) electrons. The van der Waals surface area contributed by atoms with E-state index >= 15 is 0 Å². The second-order valence-corrected chi connectivity index (χ2v) is 5.42. The fourth-order valence-corrected chi connectivity index (χ4v) is 3.17. The predicted molar refractivity (Wildman–Crippen MR) is 56.1 cm³/mol. The number of aliphatic hydroxyl groups is 1. The maximum atomic E-state index is 9.57. The lowest BCUT2D eigenvalue weighted by molar-refractivity contribution is -0.0381. The van der Waals surface area contributed by atoms with Crippen molar-refractivity contribution in [3.63, 3.8) is 0 Å². The number of fused-ring (bicyclic) bond motifs is 1. The van der Waals surface area contributed by atoms with Gasteiger partial charge in [-0.05, 0) is 37.5 Å². The van der Waals surface area contributed by atoms with Crippen LogP contribution in [0.3, 0.4) is 0 Å². The Morgan fingerprint density at radius 1 is 1.43 bits per heavy atom. The highest BCUT2D eigenvalue weighted by Crippen LogP contribution is 2.48. The average Bonchev–Trinajstić information content (AvgIpc) is 2.60. The molecule has 2 aliphatic rings. The SMILES string of the molecule is CC(C)[C@@H]1CC[C@@H]2OCC[C@@]2(CO)C1. The molecule has 1 saturated carbocycles. The van der Waals surface area contributed by atoms with Crippen LogP contribution < -0.4 is 0 Å². The van der Waals surface area contributed by atoms with Crippen LogP contribution in [0.2, 0.25) is 0 Å². The van der Waals surface area contributed by atoms with E-state index in [4.69, 9.17) is 4.74 Å². The lowest BCUT2D eigenvalue weighted by Crippen LogP contribution is -2.41. The molecule has 0 bridgehead atoms. The van der Waals surface area contributed by atoms with Crippen molar-refractivity contribution in [2.24, 2.45) is 17.3 Å². The van der Waals surface area contributed by atoms with Crippen LogP contribution in [-0.2, 0) is 4.74 Å². The quantitative estimate of drug-likeness (QED) is 0.737. The van der Waals surface area contributed by atoms with E-state index in [1.807, 2.05) is 0 Å². The minimum absolute atomic E-state index is 0.118. The van der Waals surface area contributed by atoms with Crippen molar-refractivity contribution in [1.29, 1.82) is 0 Å². The van der Waals surface area contributed by atoms with Gasteiger partial charge in [-0.25, -0.2) is 0 Å². The Bertz CT molecular complexity index is 202. The summed E-state index contributed by atoms with van der Waals surface area (Å²) in [5.41, 5.74) is 0.118. The highest BCUT2D eigenvalue weighted by Gasteiger charge is 2.48. The Balaban J connectivity index is 2.09. The highest BCUT2D eigenvalue weighted by molar-refractivity contribution is 4.97. The van der Waals surface area contributed by atoms with Crippen molar-refractivity contribution in [3.8, 4) is 0 Å². The van der Waals surface area contributed by atoms with Gasteiger partial charge in [0.2, 0.25) is 0 Å². The van der Waals surface area contributed by atoms with E-state index in [2.05, 4.69) is 13.8 Å². The van der Waals surface area contributed by atoms with Gasteiger partial charge in [0.1, 0.15) is 0 Å². The molecule has 0 unspecified atom stereocenters. The summed E-state index contributed by atoms with van der Waals surface area (Å²) in [7, 11) is 0. The molecule has 2 fully saturated rings. The largest absolute Gasteiger partial charge is 0.396 e. The van der Waals surface area contributed by atoms with E-state index in [0.717, 1.165) is 31.3 Å². The van der Waals surface area contributed by atoms with E-state index in [0.29, 0.717) is 12.7 Å². The molecule has 2 nitrogen and oxygen atoms in total. The normalized spacial score (nSPS) is 42.9. The van der Waals surface area contributed by atoms with E-state index in [1.165, 1.54) is 12.8 Å². The van der Waals surface area contributed by atoms with Gasteiger partial charge in [-0.3, -0.25) is 0 Å². The molecular formula is C12H22O2. The van der Waals surface area contributed by atoms with Gasteiger partial charge in [0.05, 0.1) is 12.7 Å². The lowest BCUT2D eigenvalue weighted by atomic mass is 9.65. The molecule has 0 spiro atoms. The summed E-state index contributed by atoms with van der Waals surface area (Å²) < 4.78 is 5.72. The Kier molecular flexibility index (Phi) is 2.85. The van der Waals surface area contributed by atoms with Crippen LogP contribution in [0, 0.1) is 17.3 Å². The third kappa shape index (κ3) is 1.59. The minimum atomic E-state index is 0.118. The maximum Gasteiger partial charge on any atom is 0.0654 e. The van der Waals surface area contributed by atoms with Gasteiger partial charge in [0.25, 0.3) is 0 Å². The van der Waals surface area contributed by atoms with Crippen molar-refractivity contribution in [1.82, 2.24) is 0 Å². The summed E-state index contributed by atoms with van der Waals surface area (Å²) >= 11 is 0. The summed E-state index contributed by atoms with van der Waals surface area (Å²) in [6.07, 6.45) is 5.03. The Labute approximate surface area is 86.6 Å². The van der Waals surface area contributed by atoms with Gasteiger partial charge >= 0.3 is 0 Å². The van der Waals surface area contributed by atoms with E-state index in [-0.39, 0.29) is 5.41 Å². The van der Waals surface area contributed by atoms with Gasteiger partial charge in [0.15, 0.2) is 0 Å². The third-order valence-corrected chi connectivity index (χ3v) is 4.33. The number of ether oxygens (including phenoxy) is 1. The Hall–Kier alpha value is -0.0800. The Morgan fingerprint density at radius 2 is 2.21 bits per heavy atom. The topological polar surface area (TPSA) is 29.5 Å². The Morgan fingerprint density at radius 3 is 2.86 bits per heavy atom. The van der Waals surface area contributed by atoms with Crippen LogP contribution in [-0.4, -0.2) is 24.4 Å². The average molecular weight is 198 g/mol. The van der Waals surface area contributed by atoms with Crippen LogP contribution in [0.1, 0.15) is 39.5 Å². The third-order valence-electron chi connectivity index (χ3n) is 4.33. The van der Waals surface area contributed by atoms with Crippen molar-refractivity contribution in [2.45, 2.75) is 45.6 Å². The van der Waals surface area contributed by atoms with E-state index in [1.54, 1.807) is 0 Å². The van der Waals surface area contributed by atoms with Crippen molar-refractivity contribution in [2.75, 3.05) is 13.2 Å². The van der Waals surface area contributed by atoms with E-state index < -0.39 is 0 Å². The second kappa shape index (κ2) is 3.82. The number of hydrogen-bond donors (Lipinski definition) is 1. The van der Waals surface area contributed by atoms with Crippen LogP contribution >= 0.6 is 0 Å². The second-order valence-electron chi connectivity index (χ2n) is 5.42.